The molecule has 0 amide bonds. The van der Waals surface area contributed by atoms with Crippen LogP contribution in [0.2, 0.25) is 5.02 Å². The summed E-state index contributed by atoms with van der Waals surface area (Å²) in [6, 6.07) is 13.8. The van der Waals surface area contributed by atoms with Crippen LogP contribution in [0.1, 0.15) is 49.2 Å². The molecular formula is C20H21ClO3. The highest BCUT2D eigenvalue weighted by Gasteiger charge is 2.32. The van der Waals surface area contributed by atoms with Crippen LogP contribution < -0.4 is 0 Å². The molecule has 0 aromatic heterocycles. The minimum absolute atomic E-state index is 0.0826. The van der Waals surface area contributed by atoms with Gasteiger partial charge in [-0.25, -0.2) is 0 Å². The molecule has 0 aliphatic carbocycles. The zero-order valence-corrected chi connectivity index (χ0v) is 15.1. The predicted molar refractivity (Wildman–Crippen MR) is 95.6 cm³/mol. The lowest BCUT2D eigenvalue weighted by Crippen LogP contribution is -2.32. The molecule has 0 heterocycles. The Morgan fingerprint density at radius 3 is 1.83 bits per heavy atom. The Morgan fingerprint density at radius 1 is 0.917 bits per heavy atom. The summed E-state index contributed by atoms with van der Waals surface area (Å²) < 4.78 is 5.31. The highest BCUT2D eigenvalue weighted by Crippen LogP contribution is 2.26. The van der Waals surface area contributed by atoms with Gasteiger partial charge in [-0.3, -0.25) is 9.59 Å². The van der Waals surface area contributed by atoms with Gasteiger partial charge in [-0.1, -0.05) is 35.9 Å². The van der Waals surface area contributed by atoms with E-state index in [0.717, 1.165) is 5.56 Å². The lowest BCUT2D eigenvalue weighted by molar-refractivity contribution is -0.153. The Hall–Kier alpha value is -2.13. The molecule has 2 aromatic rings. The first-order valence-corrected chi connectivity index (χ1v) is 8.21. The molecule has 0 spiro atoms. The molecule has 0 unspecified atom stereocenters. The van der Waals surface area contributed by atoms with Crippen molar-refractivity contribution >= 4 is 23.4 Å². The lowest BCUT2D eigenvalue weighted by atomic mass is 9.84. The maximum Gasteiger partial charge on any atom is 0.316 e. The van der Waals surface area contributed by atoms with Gasteiger partial charge in [0.25, 0.3) is 0 Å². The van der Waals surface area contributed by atoms with E-state index in [1.165, 1.54) is 0 Å². The van der Waals surface area contributed by atoms with Crippen molar-refractivity contribution in [1.82, 2.24) is 0 Å². The van der Waals surface area contributed by atoms with Crippen LogP contribution >= 0.6 is 11.6 Å². The standard InChI is InChI=1S/C20H21ClO3/c1-13(2)24-19(23)20(3,4)16-9-5-14(6-10-16)18(22)15-7-11-17(21)12-8-15/h5-13H,1-4H3. The van der Waals surface area contributed by atoms with Crippen LogP contribution in [0.4, 0.5) is 0 Å². The number of carbonyl (C=O) groups is 2. The Labute approximate surface area is 147 Å². The van der Waals surface area contributed by atoms with Gasteiger partial charge < -0.3 is 4.74 Å². The van der Waals surface area contributed by atoms with E-state index in [2.05, 4.69) is 0 Å². The normalized spacial score (nSPS) is 11.4. The van der Waals surface area contributed by atoms with Crippen LogP contribution in [-0.2, 0) is 14.9 Å². The van der Waals surface area contributed by atoms with E-state index in [4.69, 9.17) is 16.3 Å². The molecule has 0 bridgehead atoms. The van der Waals surface area contributed by atoms with Crippen LogP contribution in [0, 0.1) is 0 Å². The first-order valence-electron chi connectivity index (χ1n) is 7.83. The van der Waals surface area contributed by atoms with Gasteiger partial charge in [0, 0.05) is 16.1 Å². The molecule has 0 aliphatic heterocycles. The monoisotopic (exact) mass is 344 g/mol. The molecule has 0 saturated carbocycles. The maximum atomic E-state index is 12.5. The van der Waals surface area contributed by atoms with Gasteiger partial charge in [-0.05, 0) is 57.5 Å². The van der Waals surface area contributed by atoms with Gasteiger partial charge in [0.05, 0.1) is 11.5 Å². The van der Waals surface area contributed by atoms with Crippen molar-refractivity contribution in [2.45, 2.75) is 39.2 Å². The number of hydrogen-bond donors (Lipinski definition) is 0. The summed E-state index contributed by atoms with van der Waals surface area (Å²) in [5.74, 6) is -0.366. The summed E-state index contributed by atoms with van der Waals surface area (Å²) in [5.41, 5.74) is 1.17. The largest absolute Gasteiger partial charge is 0.462 e. The third kappa shape index (κ3) is 4.04. The summed E-state index contributed by atoms with van der Waals surface area (Å²) in [4.78, 5) is 24.7. The number of ketones is 1. The zero-order valence-electron chi connectivity index (χ0n) is 14.3. The molecule has 4 heteroatoms. The Bertz CT molecular complexity index is 728. The fraction of sp³-hybridized carbons (Fsp3) is 0.300. The number of halogens is 1. The SMILES string of the molecule is CC(C)OC(=O)C(C)(C)c1ccc(C(=O)c2ccc(Cl)cc2)cc1. The maximum absolute atomic E-state index is 12.5. The number of ether oxygens (including phenoxy) is 1. The van der Waals surface area contributed by atoms with E-state index in [0.29, 0.717) is 16.1 Å². The molecule has 2 aromatic carbocycles. The van der Waals surface area contributed by atoms with Gasteiger partial charge in [-0.2, -0.15) is 0 Å². The zero-order chi connectivity index (χ0) is 17.9. The van der Waals surface area contributed by atoms with Gasteiger partial charge in [-0.15, -0.1) is 0 Å². The molecule has 0 saturated heterocycles. The molecule has 3 nitrogen and oxygen atoms in total. The van der Waals surface area contributed by atoms with Crippen molar-refractivity contribution in [3.05, 3.63) is 70.2 Å². The van der Waals surface area contributed by atoms with E-state index >= 15 is 0 Å². The Kier molecular flexibility index (Phi) is 5.45. The van der Waals surface area contributed by atoms with Crippen molar-refractivity contribution in [2.75, 3.05) is 0 Å². The van der Waals surface area contributed by atoms with Crippen molar-refractivity contribution in [3.63, 3.8) is 0 Å². The number of hydrogen-bond acceptors (Lipinski definition) is 3. The van der Waals surface area contributed by atoms with Gasteiger partial charge in [0.2, 0.25) is 0 Å². The summed E-state index contributed by atoms with van der Waals surface area (Å²) in [7, 11) is 0. The molecule has 0 fully saturated rings. The highest BCUT2D eigenvalue weighted by atomic mass is 35.5. The minimum atomic E-state index is -0.772. The van der Waals surface area contributed by atoms with Crippen molar-refractivity contribution in [3.8, 4) is 0 Å². The summed E-state index contributed by atoms with van der Waals surface area (Å²) in [6.07, 6.45) is -0.164. The van der Waals surface area contributed by atoms with Crippen molar-refractivity contribution in [2.24, 2.45) is 0 Å². The molecule has 24 heavy (non-hydrogen) atoms. The average Bonchev–Trinajstić information content (AvgIpc) is 2.54. The quantitative estimate of drug-likeness (QED) is 0.578. The van der Waals surface area contributed by atoms with Crippen LogP contribution in [0.25, 0.3) is 0 Å². The van der Waals surface area contributed by atoms with Crippen LogP contribution in [-0.4, -0.2) is 17.9 Å². The fourth-order valence-corrected chi connectivity index (χ4v) is 2.41. The van der Waals surface area contributed by atoms with Crippen LogP contribution in [0.3, 0.4) is 0 Å². The molecule has 0 N–H and O–H groups in total. The number of rotatable bonds is 5. The van der Waals surface area contributed by atoms with Gasteiger partial charge >= 0.3 is 5.97 Å². The number of benzene rings is 2. The Morgan fingerprint density at radius 2 is 1.38 bits per heavy atom. The Balaban J connectivity index is 2.22. The summed E-state index contributed by atoms with van der Waals surface area (Å²) in [6.45, 7) is 7.27. The highest BCUT2D eigenvalue weighted by molar-refractivity contribution is 6.30. The molecule has 2 rings (SSSR count). The van der Waals surface area contributed by atoms with E-state index in [9.17, 15) is 9.59 Å². The number of carbonyl (C=O) groups excluding carboxylic acids is 2. The first kappa shape index (κ1) is 18.2. The molecular weight excluding hydrogens is 324 g/mol. The molecule has 126 valence electrons. The first-order chi connectivity index (χ1) is 11.2. The van der Waals surface area contributed by atoms with E-state index in [1.54, 1.807) is 48.5 Å². The van der Waals surface area contributed by atoms with Crippen LogP contribution in [0.15, 0.2) is 48.5 Å². The summed E-state index contributed by atoms with van der Waals surface area (Å²) >= 11 is 5.84. The van der Waals surface area contributed by atoms with E-state index in [-0.39, 0.29) is 17.9 Å². The van der Waals surface area contributed by atoms with Crippen molar-refractivity contribution < 1.29 is 14.3 Å². The second kappa shape index (κ2) is 7.18. The third-order valence-electron chi connectivity index (χ3n) is 3.83. The average molecular weight is 345 g/mol. The van der Waals surface area contributed by atoms with E-state index in [1.807, 2.05) is 27.7 Å². The second-order valence-electron chi connectivity index (χ2n) is 6.49. The van der Waals surface area contributed by atoms with Gasteiger partial charge in [0.15, 0.2) is 5.78 Å². The van der Waals surface area contributed by atoms with Crippen molar-refractivity contribution in [1.29, 1.82) is 0 Å². The minimum Gasteiger partial charge on any atom is -0.462 e. The third-order valence-corrected chi connectivity index (χ3v) is 4.08. The van der Waals surface area contributed by atoms with Gasteiger partial charge in [0.1, 0.15) is 0 Å². The summed E-state index contributed by atoms with van der Waals surface area (Å²) in [5, 5.41) is 0.590. The van der Waals surface area contributed by atoms with E-state index < -0.39 is 5.41 Å². The second-order valence-corrected chi connectivity index (χ2v) is 6.93. The smallest absolute Gasteiger partial charge is 0.316 e. The fourth-order valence-electron chi connectivity index (χ4n) is 2.29. The molecule has 0 atom stereocenters. The van der Waals surface area contributed by atoms with Crippen LogP contribution in [0.5, 0.6) is 0 Å². The molecule has 0 aliphatic rings. The number of esters is 1. The lowest BCUT2D eigenvalue weighted by Gasteiger charge is -2.24. The molecule has 0 radical (unpaired) electrons. The predicted octanol–water partition coefficient (Wildman–Crippen LogP) is 4.80. The topological polar surface area (TPSA) is 43.4 Å².